The van der Waals surface area contributed by atoms with Gasteiger partial charge in [-0.25, -0.2) is 9.78 Å². The molecule has 0 bridgehead atoms. The summed E-state index contributed by atoms with van der Waals surface area (Å²) in [5.41, 5.74) is -1.09. The van der Waals surface area contributed by atoms with Crippen molar-refractivity contribution in [3.8, 4) is 17.4 Å². The largest absolute Gasteiger partial charge is 0.497 e. The Balaban J connectivity index is 1.77. The van der Waals surface area contributed by atoms with Gasteiger partial charge in [0.2, 0.25) is 11.8 Å². The Bertz CT molecular complexity index is 986. The van der Waals surface area contributed by atoms with Gasteiger partial charge < -0.3 is 24.6 Å². The van der Waals surface area contributed by atoms with Gasteiger partial charge in [-0.15, -0.1) is 0 Å². The van der Waals surface area contributed by atoms with Crippen LogP contribution < -0.4 is 19.5 Å². The van der Waals surface area contributed by atoms with E-state index in [9.17, 15) is 19.5 Å². The van der Waals surface area contributed by atoms with Gasteiger partial charge in [0.25, 0.3) is 0 Å². The highest BCUT2D eigenvalue weighted by Gasteiger charge is 2.31. The summed E-state index contributed by atoms with van der Waals surface area (Å²) in [6.45, 7) is 3.08. The highest BCUT2D eigenvalue weighted by atomic mass is 16.5. The normalized spacial score (nSPS) is 15.8. The molecule has 1 aromatic carbocycles. The number of carbonyl (C=O) groups excluding carboxylic acids is 2. The van der Waals surface area contributed by atoms with Crippen LogP contribution in [0.4, 0.5) is 0 Å². The monoisotopic (exact) mass is 428 g/mol. The van der Waals surface area contributed by atoms with Crippen LogP contribution in [0, 0.1) is 0 Å². The molecule has 1 aliphatic rings. The molecule has 9 heteroatoms. The van der Waals surface area contributed by atoms with E-state index in [0.29, 0.717) is 31.1 Å². The average molecular weight is 428 g/mol. The summed E-state index contributed by atoms with van der Waals surface area (Å²) < 4.78 is 16.4. The molecule has 1 amide bonds. The smallest absolute Gasteiger partial charge is 0.347 e. The standard InChI is InChI=1S/C22H24N2O7/c1-22(2,21(27)28)31-17-10-15(29-3)6-7-16(17)20(26)13-4-9-19(23-11-13)30-12-14-5-8-18(25)24-14/h4,6-7,9-11,14H,5,8,12H2,1-3H3,(H,24,25)(H,27,28)/t14-/m0/s1. The van der Waals surface area contributed by atoms with Crippen LogP contribution in [-0.4, -0.2) is 53.1 Å². The molecule has 1 fully saturated rings. The number of amides is 1. The van der Waals surface area contributed by atoms with Gasteiger partial charge in [-0.05, 0) is 38.5 Å². The Morgan fingerprint density at radius 2 is 2.03 bits per heavy atom. The van der Waals surface area contributed by atoms with Crippen LogP contribution in [0.25, 0.3) is 0 Å². The fourth-order valence-electron chi connectivity index (χ4n) is 2.96. The SMILES string of the molecule is COc1ccc(C(=O)c2ccc(OC[C@@H]3CCC(=O)N3)nc2)c(OC(C)(C)C(=O)O)c1. The lowest BCUT2D eigenvalue weighted by Gasteiger charge is -2.23. The van der Waals surface area contributed by atoms with Gasteiger partial charge in [0, 0.05) is 30.3 Å². The molecule has 0 unspecified atom stereocenters. The van der Waals surface area contributed by atoms with E-state index in [1.54, 1.807) is 18.2 Å². The van der Waals surface area contributed by atoms with E-state index < -0.39 is 11.6 Å². The fourth-order valence-corrected chi connectivity index (χ4v) is 2.96. The van der Waals surface area contributed by atoms with Gasteiger partial charge in [0.05, 0.1) is 18.7 Å². The lowest BCUT2D eigenvalue weighted by atomic mass is 10.0. The van der Waals surface area contributed by atoms with Crippen molar-refractivity contribution in [1.82, 2.24) is 10.3 Å². The number of ketones is 1. The third-order valence-electron chi connectivity index (χ3n) is 4.83. The number of aliphatic carboxylic acids is 1. The number of pyridine rings is 1. The van der Waals surface area contributed by atoms with Crippen molar-refractivity contribution in [3.05, 3.63) is 47.7 Å². The average Bonchev–Trinajstić information content (AvgIpc) is 3.17. The number of nitrogens with zero attached hydrogens (tertiary/aromatic N) is 1. The van der Waals surface area contributed by atoms with Gasteiger partial charge in [-0.2, -0.15) is 0 Å². The fraction of sp³-hybridized carbons (Fsp3) is 0.364. The summed E-state index contributed by atoms with van der Waals surface area (Å²) in [5, 5.41) is 12.2. The van der Waals surface area contributed by atoms with Gasteiger partial charge in [-0.1, -0.05) is 0 Å². The number of benzene rings is 1. The quantitative estimate of drug-likeness (QED) is 0.583. The molecule has 1 aliphatic heterocycles. The number of aromatic nitrogens is 1. The number of carboxylic acids is 1. The van der Waals surface area contributed by atoms with Crippen LogP contribution in [0.1, 0.15) is 42.6 Å². The molecule has 0 spiro atoms. The Hall–Kier alpha value is -3.62. The van der Waals surface area contributed by atoms with Crippen molar-refractivity contribution in [2.24, 2.45) is 0 Å². The maximum absolute atomic E-state index is 13.0. The zero-order chi connectivity index (χ0) is 22.6. The number of hydrogen-bond donors (Lipinski definition) is 2. The zero-order valence-electron chi connectivity index (χ0n) is 17.5. The maximum Gasteiger partial charge on any atom is 0.347 e. The molecule has 2 heterocycles. The van der Waals surface area contributed by atoms with E-state index in [1.165, 1.54) is 39.3 Å². The summed E-state index contributed by atoms with van der Waals surface area (Å²) in [6, 6.07) is 7.66. The summed E-state index contributed by atoms with van der Waals surface area (Å²) in [5.74, 6) is -0.707. The highest BCUT2D eigenvalue weighted by Crippen LogP contribution is 2.30. The minimum atomic E-state index is -1.55. The predicted octanol–water partition coefficient (Wildman–Crippen LogP) is 2.22. The van der Waals surface area contributed by atoms with Crippen molar-refractivity contribution in [3.63, 3.8) is 0 Å². The van der Waals surface area contributed by atoms with Crippen LogP contribution >= 0.6 is 0 Å². The van der Waals surface area contributed by atoms with Crippen molar-refractivity contribution in [1.29, 1.82) is 0 Å². The molecule has 1 atom stereocenters. The number of nitrogens with one attached hydrogen (secondary N) is 1. The Kier molecular flexibility index (Phi) is 6.43. The van der Waals surface area contributed by atoms with Crippen LogP contribution in [0.15, 0.2) is 36.5 Å². The summed E-state index contributed by atoms with van der Waals surface area (Å²) in [6.07, 6.45) is 2.57. The van der Waals surface area contributed by atoms with Crippen molar-refractivity contribution in [2.75, 3.05) is 13.7 Å². The first-order chi connectivity index (χ1) is 14.7. The zero-order valence-corrected chi connectivity index (χ0v) is 17.5. The Morgan fingerprint density at radius 3 is 2.61 bits per heavy atom. The molecule has 1 aromatic heterocycles. The van der Waals surface area contributed by atoms with E-state index >= 15 is 0 Å². The minimum Gasteiger partial charge on any atom is -0.497 e. The third kappa shape index (κ3) is 5.30. The molecule has 2 N–H and O–H groups in total. The first-order valence-electron chi connectivity index (χ1n) is 9.73. The predicted molar refractivity (Wildman–Crippen MR) is 110 cm³/mol. The second kappa shape index (κ2) is 9.03. The van der Waals surface area contributed by atoms with Crippen molar-refractivity contribution >= 4 is 17.7 Å². The number of methoxy groups -OCH3 is 1. The van der Waals surface area contributed by atoms with Gasteiger partial charge in [-0.3, -0.25) is 9.59 Å². The second-order valence-corrected chi connectivity index (χ2v) is 7.61. The van der Waals surface area contributed by atoms with E-state index in [1.807, 2.05) is 0 Å². The first kappa shape index (κ1) is 22.1. The lowest BCUT2D eigenvalue weighted by molar-refractivity contribution is -0.152. The van der Waals surface area contributed by atoms with E-state index in [4.69, 9.17) is 14.2 Å². The number of hydrogen-bond acceptors (Lipinski definition) is 7. The van der Waals surface area contributed by atoms with Crippen LogP contribution in [0.3, 0.4) is 0 Å². The van der Waals surface area contributed by atoms with Gasteiger partial charge in [0.1, 0.15) is 18.1 Å². The lowest BCUT2D eigenvalue weighted by Crippen LogP contribution is -2.38. The number of ether oxygens (including phenoxy) is 3. The molecular weight excluding hydrogens is 404 g/mol. The molecule has 9 nitrogen and oxygen atoms in total. The molecule has 2 aromatic rings. The molecule has 164 valence electrons. The Labute approximate surface area is 179 Å². The summed E-state index contributed by atoms with van der Waals surface area (Å²) in [4.78, 5) is 39.9. The molecule has 3 rings (SSSR count). The number of carboxylic acid groups (broad SMARTS) is 1. The third-order valence-corrected chi connectivity index (χ3v) is 4.83. The molecular formula is C22H24N2O7. The molecule has 0 aliphatic carbocycles. The molecule has 0 saturated carbocycles. The van der Waals surface area contributed by atoms with E-state index in [0.717, 1.165) is 0 Å². The number of rotatable bonds is 9. The highest BCUT2D eigenvalue weighted by molar-refractivity contribution is 6.10. The van der Waals surface area contributed by atoms with Crippen molar-refractivity contribution < 1.29 is 33.7 Å². The Morgan fingerprint density at radius 1 is 1.26 bits per heavy atom. The molecule has 1 saturated heterocycles. The van der Waals surface area contributed by atoms with E-state index in [-0.39, 0.29) is 34.6 Å². The van der Waals surface area contributed by atoms with Gasteiger partial charge in [0.15, 0.2) is 11.4 Å². The summed E-state index contributed by atoms with van der Waals surface area (Å²) in [7, 11) is 1.46. The van der Waals surface area contributed by atoms with Crippen molar-refractivity contribution in [2.45, 2.75) is 38.3 Å². The van der Waals surface area contributed by atoms with Crippen LogP contribution in [0.2, 0.25) is 0 Å². The number of carbonyl (C=O) groups is 3. The second-order valence-electron chi connectivity index (χ2n) is 7.61. The minimum absolute atomic E-state index is 0.00564. The van der Waals surface area contributed by atoms with E-state index in [2.05, 4.69) is 10.3 Å². The maximum atomic E-state index is 13.0. The molecule has 31 heavy (non-hydrogen) atoms. The van der Waals surface area contributed by atoms with Gasteiger partial charge >= 0.3 is 5.97 Å². The van der Waals surface area contributed by atoms with Crippen LogP contribution in [0.5, 0.6) is 17.4 Å². The first-order valence-corrected chi connectivity index (χ1v) is 9.73. The van der Waals surface area contributed by atoms with Crippen LogP contribution in [-0.2, 0) is 9.59 Å². The topological polar surface area (TPSA) is 124 Å². The summed E-state index contributed by atoms with van der Waals surface area (Å²) >= 11 is 0. The molecule has 0 radical (unpaired) electrons.